The van der Waals surface area contributed by atoms with Crippen LogP contribution < -0.4 is 0 Å². The minimum Gasteiger partial charge on any atom is -0.298 e. The average Bonchev–Trinajstić information content (AvgIpc) is 2.34. The lowest BCUT2D eigenvalue weighted by molar-refractivity contribution is -0.137. The lowest BCUT2D eigenvalue weighted by Gasteiger charge is -2.11. The summed E-state index contributed by atoms with van der Waals surface area (Å²) in [6.45, 7) is 0. The largest absolute Gasteiger partial charge is 0.416 e. The minimum absolute atomic E-state index is 0.203. The Morgan fingerprint density at radius 3 is 2.44 bits per heavy atom. The first-order valence-corrected chi connectivity index (χ1v) is 5.67. The third kappa shape index (κ3) is 2.76. The molecule has 0 atom stereocenters. The number of rotatable bonds is 3. The fraction of sp³-hybridized carbons (Fsp3) is 0.182. The molecule has 0 radical (unpaired) electrons. The predicted molar refractivity (Wildman–Crippen MR) is 59.7 cm³/mol. The molecule has 0 unspecified atom stereocenters. The Hall–Kier alpha value is -1.68. The van der Waals surface area contributed by atoms with Crippen molar-refractivity contribution in [2.75, 3.05) is 5.33 Å². The summed E-state index contributed by atoms with van der Waals surface area (Å²) in [6, 6.07) is 2.61. The molecule has 0 saturated carbocycles. The first-order chi connectivity index (χ1) is 8.35. The number of hydrogen-bond donors (Lipinski definition) is 0. The number of benzene rings is 1. The summed E-state index contributed by atoms with van der Waals surface area (Å²) in [7, 11) is 0. The Kier molecular flexibility index (Phi) is 4.24. The second-order valence-corrected chi connectivity index (χ2v) is 3.83. The molecule has 0 spiro atoms. The van der Waals surface area contributed by atoms with Crippen molar-refractivity contribution in [1.29, 1.82) is 5.26 Å². The molecule has 0 saturated heterocycles. The lowest BCUT2D eigenvalue weighted by Crippen LogP contribution is -2.12. The van der Waals surface area contributed by atoms with Crippen LogP contribution in [0.4, 0.5) is 13.2 Å². The summed E-state index contributed by atoms with van der Waals surface area (Å²) in [4.78, 5) is 22.2. The van der Waals surface area contributed by atoms with Gasteiger partial charge in [-0.05, 0) is 12.1 Å². The quantitative estimate of drug-likeness (QED) is 0.489. The molecule has 0 bridgehead atoms. The van der Waals surface area contributed by atoms with Gasteiger partial charge in [-0.25, -0.2) is 0 Å². The van der Waals surface area contributed by atoms with Crippen molar-refractivity contribution in [1.82, 2.24) is 0 Å². The number of hydrogen-bond acceptors (Lipinski definition) is 3. The molecule has 0 aliphatic rings. The molecule has 0 aliphatic carbocycles. The Labute approximate surface area is 108 Å². The standard InChI is InChI=1S/C11H5BrF3NO2/c12-3-10(18)8-2-7(11(13,14)15)1-6(4-16)9(8)5-17/h1-2,5H,3H2. The molecule has 18 heavy (non-hydrogen) atoms. The molecular formula is C11H5BrF3NO2. The van der Waals surface area contributed by atoms with Gasteiger partial charge in [-0.15, -0.1) is 0 Å². The summed E-state index contributed by atoms with van der Waals surface area (Å²) in [5.41, 5.74) is -2.33. The zero-order valence-corrected chi connectivity index (χ0v) is 10.3. The highest BCUT2D eigenvalue weighted by atomic mass is 79.9. The number of halogens is 4. The van der Waals surface area contributed by atoms with Crippen LogP contribution >= 0.6 is 15.9 Å². The van der Waals surface area contributed by atoms with Crippen molar-refractivity contribution in [2.45, 2.75) is 6.18 Å². The van der Waals surface area contributed by atoms with E-state index < -0.39 is 28.6 Å². The summed E-state index contributed by atoms with van der Waals surface area (Å²) >= 11 is 2.81. The third-order valence-electron chi connectivity index (χ3n) is 2.17. The molecule has 0 heterocycles. The van der Waals surface area contributed by atoms with Crippen LogP contribution in [0, 0.1) is 11.3 Å². The number of nitrogens with zero attached hydrogens (tertiary/aromatic N) is 1. The first-order valence-electron chi connectivity index (χ1n) is 4.54. The Bertz CT molecular complexity index is 546. The third-order valence-corrected chi connectivity index (χ3v) is 2.68. The van der Waals surface area contributed by atoms with E-state index in [2.05, 4.69) is 15.9 Å². The Balaban J connectivity index is 3.62. The van der Waals surface area contributed by atoms with Gasteiger partial charge in [-0.2, -0.15) is 18.4 Å². The van der Waals surface area contributed by atoms with E-state index in [4.69, 9.17) is 5.26 Å². The van der Waals surface area contributed by atoms with Gasteiger partial charge in [0.1, 0.15) is 0 Å². The van der Waals surface area contributed by atoms with E-state index in [0.29, 0.717) is 12.1 Å². The van der Waals surface area contributed by atoms with Gasteiger partial charge in [-0.1, -0.05) is 15.9 Å². The van der Waals surface area contributed by atoms with Gasteiger partial charge in [0.15, 0.2) is 12.1 Å². The van der Waals surface area contributed by atoms with Gasteiger partial charge in [0.25, 0.3) is 0 Å². The number of alkyl halides is 4. The number of nitriles is 1. The van der Waals surface area contributed by atoms with Crippen LogP contribution in [0.25, 0.3) is 0 Å². The maximum absolute atomic E-state index is 12.6. The van der Waals surface area contributed by atoms with Crippen molar-refractivity contribution >= 4 is 28.0 Å². The van der Waals surface area contributed by atoms with Crippen LogP contribution in [0.1, 0.15) is 31.8 Å². The van der Waals surface area contributed by atoms with Gasteiger partial charge in [0, 0.05) is 11.1 Å². The smallest absolute Gasteiger partial charge is 0.298 e. The summed E-state index contributed by atoms with van der Waals surface area (Å²) < 4.78 is 37.7. The fourth-order valence-electron chi connectivity index (χ4n) is 1.34. The first kappa shape index (κ1) is 14.4. The normalized spacial score (nSPS) is 10.8. The SMILES string of the molecule is N#Cc1cc(C(F)(F)F)cc(C(=O)CBr)c1C=O. The monoisotopic (exact) mass is 319 g/mol. The maximum Gasteiger partial charge on any atom is 0.416 e. The molecule has 0 aromatic heterocycles. The zero-order valence-electron chi connectivity index (χ0n) is 8.71. The molecule has 0 amide bonds. The van der Waals surface area contributed by atoms with E-state index in [-0.39, 0.29) is 17.2 Å². The van der Waals surface area contributed by atoms with Crippen LogP contribution in [-0.4, -0.2) is 17.4 Å². The second-order valence-electron chi connectivity index (χ2n) is 3.27. The fourth-order valence-corrected chi connectivity index (χ4v) is 1.64. The van der Waals surface area contributed by atoms with E-state index in [1.165, 1.54) is 6.07 Å². The van der Waals surface area contributed by atoms with Crippen molar-refractivity contribution < 1.29 is 22.8 Å². The molecule has 0 N–H and O–H groups in total. The molecule has 94 valence electrons. The minimum atomic E-state index is -4.69. The molecule has 3 nitrogen and oxygen atoms in total. The summed E-state index contributed by atoms with van der Waals surface area (Å²) in [6.07, 6.45) is -4.48. The highest BCUT2D eigenvalue weighted by molar-refractivity contribution is 9.09. The summed E-state index contributed by atoms with van der Waals surface area (Å²) in [5.74, 6) is -0.695. The van der Waals surface area contributed by atoms with Gasteiger partial charge in [0.05, 0.1) is 22.5 Å². The van der Waals surface area contributed by atoms with Crippen LogP contribution in [0.3, 0.4) is 0 Å². The van der Waals surface area contributed by atoms with Gasteiger partial charge >= 0.3 is 6.18 Å². The zero-order chi connectivity index (χ0) is 13.9. The van der Waals surface area contributed by atoms with Gasteiger partial charge < -0.3 is 0 Å². The Morgan fingerprint density at radius 1 is 1.44 bits per heavy atom. The number of aldehydes is 1. The van der Waals surface area contributed by atoms with Gasteiger partial charge in [-0.3, -0.25) is 9.59 Å². The predicted octanol–water partition coefficient (Wildman–Crippen LogP) is 2.97. The molecule has 1 aromatic carbocycles. The van der Waals surface area contributed by atoms with Crippen LogP contribution in [0.15, 0.2) is 12.1 Å². The topological polar surface area (TPSA) is 57.9 Å². The van der Waals surface area contributed by atoms with E-state index >= 15 is 0 Å². The number of ketones is 1. The van der Waals surface area contributed by atoms with Crippen molar-refractivity contribution in [3.05, 3.63) is 34.4 Å². The summed E-state index contributed by atoms with van der Waals surface area (Å²) in [5, 5.41) is 8.48. The molecule has 0 fully saturated rings. The lowest BCUT2D eigenvalue weighted by atomic mass is 9.96. The van der Waals surface area contributed by atoms with Crippen molar-refractivity contribution in [3.8, 4) is 6.07 Å². The maximum atomic E-state index is 12.6. The van der Waals surface area contributed by atoms with Crippen molar-refractivity contribution in [2.24, 2.45) is 0 Å². The highest BCUT2D eigenvalue weighted by Crippen LogP contribution is 2.32. The molecule has 1 aromatic rings. The number of Topliss-reactive ketones (excluding diaryl/α,β-unsaturated/α-hetero) is 1. The molecule has 7 heteroatoms. The van der Waals surface area contributed by atoms with Gasteiger partial charge in [0.2, 0.25) is 0 Å². The molecule has 1 rings (SSSR count). The average molecular weight is 320 g/mol. The number of carbonyl (C=O) groups is 2. The van der Waals surface area contributed by atoms with Crippen LogP contribution in [0.2, 0.25) is 0 Å². The van der Waals surface area contributed by atoms with Crippen LogP contribution in [0.5, 0.6) is 0 Å². The van der Waals surface area contributed by atoms with E-state index in [1.807, 2.05) is 0 Å². The van der Waals surface area contributed by atoms with Crippen LogP contribution in [-0.2, 0) is 6.18 Å². The van der Waals surface area contributed by atoms with E-state index in [0.717, 1.165) is 0 Å². The number of carbonyl (C=O) groups excluding carboxylic acids is 2. The van der Waals surface area contributed by atoms with E-state index in [9.17, 15) is 22.8 Å². The second kappa shape index (κ2) is 5.31. The van der Waals surface area contributed by atoms with E-state index in [1.54, 1.807) is 0 Å². The van der Waals surface area contributed by atoms with Crippen molar-refractivity contribution in [3.63, 3.8) is 0 Å². The molecular weight excluding hydrogens is 315 g/mol. The highest BCUT2D eigenvalue weighted by Gasteiger charge is 2.33. The Morgan fingerprint density at radius 2 is 2.06 bits per heavy atom. The molecule has 0 aliphatic heterocycles.